The van der Waals surface area contributed by atoms with Crippen LogP contribution in [0.4, 0.5) is 4.39 Å². The van der Waals surface area contributed by atoms with E-state index in [1.807, 2.05) is 0 Å². The van der Waals surface area contributed by atoms with Gasteiger partial charge in [0.15, 0.2) is 0 Å². The number of piperidine rings is 1. The van der Waals surface area contributed by atoms with Crippen molar-refractivity contribution in [3.8, 4) is 0 Å². The summed E-state index contributed by atoms with van der Waals surface area (Å²) in [5.41, 5.74) is 0.655. The van der Waals surface area contributed by atoms with Gasteiger partial charge in [-0.15, -0.1) is 0 Å². The van der Waals surface area contributed by atoms with Crippen LogP contribution in [0, 0.1) is 11.2 Å². The minimum Gasteiger partial charge on any atom is -0.396 e. The Labute approximate surface area is 125 Å². The summed E-state index contributed by atoms with van der Waals surface area (Å²) in [6.07, 6.45) is 5.73. The summed E-state index contributed by atoms with van der Waals surface area (Å²) in [7, 11) is 0. The fraction of sp³-hybridized carbons (Fsp3) is 0.471. The highest BCUT2D eigenvalue weighted by Crippen LogP contribution is 2.34. The number of aliphatic hydroxyl groups excluding tert-OH is 1. The number of rotatable bonds is 4. The summed E-state index contributed by atoms with van der Waals surface area (Å²) in [6.45, 7) is 3.60. The third-order valence-electron chi connectivity index (χ3n) is 4.49. The van der Waals surface area contributed by atoms with Crippen molar-refractivity contribution in [2.24, 2.45) is 5.41 Å². The van der Waals surface area contributed by atoms with E-state index in [1.165, 1.54) is 18.2 Å². The van der Waals surface area contributed by atoms with Crippen LogP contribution in [0.2, 0.25) is 0 Å². The summed E-state index contributed by atoms with van der Waals surface area (Å²) in [4.78, 5) is 13.9. The first-order valence-corrected chi connectivity index (χ1v) is 7.42. The molecule has 0 spiro atoms. The third-order valence-corrected chi connectivity index (χ3v) is 4.49. The number of likely N-dealkylation sites (tertiary alicyclic amines) is 1. The van der Waals surface area contributed by atoms with Crippen LogP contribution in [0.1, 0.15) is 31.7 Å². The molecule has 4 heteroatoms. The number of amides is 1. The standard InChI is InChI=1S/C17H22FNO2/c1-2-17(13-20)8-10-19(11-9-17)16(21)7-6-14-4-3-5-15(18)12-14/h3-7,12,20H,2,8-11,13H2,1H3/b7-6+. The first kappa shape index (κ1) is 15.7. The smallest absolute Gasteiger partial charge is 0.246 e. The Bertz CT molecular complexity index is 513. The largest absolute Gasteiger partial charge is 0.396 e. The molecule has 1 aliphatic heterocycles. The Morgan fingerprint density at radius 3 is 2.71 bits per heavy atom. The molecule has 1 fully saturated rings. The van der Waals surface area contributed by atoms with E-state index in [2.05, 4.69) is 6.92 Å². The third kappa shape index (κ3) is 3.91. The van der Waals surface area contributed by atoms with Crippen LogP contribution in [-0.4, -0.2) is 35.6 Å². The highest BCUT2D eigenvalue weighted by molar-refractivity contribution is 5.91. The van der Waals surface area contributed by atoms with E-state index in [0.717, 1.165) is 19.3 Å². The lowest BCUT2D eigenvalue weighted by atomic mass is 9.77. The second-order valence-corrected chi connectivity index (χ2v) is 5.73. The Kier molecular flexibility index (Phi) is 5.12. The predicted molar refractivity (Wildman–Crippen MR) is 81.1 cm³/mol. The van der Waals surface area contributed by atoms with E-state index in [-0.39, 0.29) is 23.7 Å². The van der Waals surface area contributed by atoms with Crippen molar-refractivity contribution in [3.63, 3.8) is 0 Å². The molecular formula is C17H22FNO2. The van der Waals surface area contributed by atoms with Gasteiger partial charge in [0.1, 0.15) is 5.82 Å². The van der Waals surface area contributed by atoms with Gasteiger partial charge in [0.25, 0.3) is 0 Å². The van der Waals surface area contributed by atoms with Gasteiger partial charge in [0.2, 0.25) is 5.91 Å². The van der Waals surface area contributed by atoms with Crippen LogP contribution in [-0.2, 0) is 4.79 Å². The predicted octanol–water partition coefficient (Wildman–Crippen LogP) is 2.85. The summed E-state index contributed by atoms with van der Waals surface area (Å²) in [5, 5.41) is 9.49. The Hall–Kier alpha value is -1.68. The molecule has 1 heterocycles. The molecule has 0 bridgehead atoms. The Morgan fingerprint density at radius 1 is 1.43 bits per heavy atom. The topological polar surface area (TPSA) is 40.5 Å². The fourth-order valence-electron chi connectivity index (χ4n) is 2.71. The van der Waals surface area contributed by atoms with Gasteiger partial charge < -0.3 is 10.0 Å². The summed E-state index contributed by atoms with van der Waals surface area (Å²) < 4.78 is 13.1. The molecule has 0 aromatic heterocycles. The van der Waals surface area contributed by atoms with Gasteiger partial charge in [-0.2, -0.15) is 0 Å². The first-order chi connectivity index (χ1) is 10.1. The highest BCUT2D eigenvalue weighted by atomic mass is 19.1. The number of aliphatic hydroxyl groups is 1. The van der Waals surface area contributed by atoms with Crippen LogP contribution in [0.25, 0.3) is 6.08 Å². The van der Waals surface area contributed by atoms with Crippen molar-refractivity contribution in [2.45, 2.75) is 26.2 Å². The minimum absolute atomic E-state index is 0.0247. The van der Waals surface area contributed by atoms with Crippen molar-refractivity contribution in [1.29, 1.82) is 0 Å². The minimum atomic E-state index is -0.307. The molecule has 0 aliphatic carbocycles. The van der Waals surface area contributed by atoms with E-state index in [0.29, 0.717) is 18.7 Å². The van der Waals surface area contributed by atoms with Crippen molar-refractivity contribution < 1.29 is 14.3 Å². The second-order valence-electron chi connectivity index (χ2n) is 5.73. The summed E-state index contributed by atoms with van der Waals surface area (Å²) >= 11 is 0. The van der Waals surface area contributed by atoms with Gasteiger partial charge in [-0.05, 0) is 48.4 Å². The van der Waals surface area contributed by atoms with Crippen LogP contribution >= 0.6 is 0 Å². The van der Waals surface area contributed by atoms with Crippen LogP contribution in [0.15, 0.2) is 30.3 Å². The quantitative estimate of drug-likeness (QED) is 0.867. The van der Waals surface area contributed by atoms with E-state index >= 15 is 0 Å². The van der Waals surface area contributed by atoms with Crippen LogP contribution < -0.4 is 0 Å². The molecule has 3 nitrogen and oxygen atoms in total. The zero-order valence-corrected chi connectivity index (χ0v) is 12.4. The van der Waals surface area contributed by atoms with Gasteiger partial charge in [-0.1, -0.05) is 19.1 Å². The number of carbonyl (C=O) groups excluding carboxylic acids is 1. The maximum absolute atomic E-state index is 13.1. The van der Waals surface area contributed by atoms with Crippen molar-refractivity contribution >= 4 is 12.0 Å². The number of nitrogens with zero attached hydrogens (tertiary/aromatic N) is 1. The number of benzene rings is 1. The molecule has 0 unspecified atom stereocenters. The number of carbonyl (C=O) groups is 1. The van der Waals surface area contributed by atoms with Crippen molar-refractivity contribution in [3.05, 3.63) is 41.7 Å². The van der Waals surface area contributed by atoms with E-state index in [4.69, 9.17) is 0 Å². The zero-order chi connectivity index (χ0) is 15.3. The van der Waals surface area contributed by atoms with Gasteiger partial charge in [-0.3, -0.25) is 4.79 Å². The van der Waals surface area contributed by atoms with Crippen LogP contribution in [0.5, 0.6) is 0 Å². The zero-order valence-electron chi connectivity index (χ0n) is 12.4. The van der Waals surface area contributed by atoms with Gasteiger partial charge in [0.05, 0.1) is 0 Å². The van der Waals surface area contributed by atoms with Crippen LogP contribution in [0.3, 0.4) is 0 Å². The summed E-state index contributed by atoms with van der Waals surface area (Å²) in [5.74, 6) is -0.361. The maximum Gasteiger partial charge on any atom is 0.246 e. The molecule has 1 amide bonds. The van der Waals surface area contributed by atoms with Crippen molar-refractivity contribution in [1.82, 2.24) is 4.90 Å². The lowest BCUT2D eigenvalue weighted by molar-refractivity contribution is -0.128. The Morgan fingerprint density at radius 2 is 2.14 bits per heavy atom. The second kappa shape index (κ2) is 6.85. The van der Waals surface area contributed by atoms with Gasteiger partial charge in [0, 0.05) is 25.8 Å². The molecular weight excluding hydrogens is 269 g/mol. The van der Waals surface area contributed by atoms with E-state index in [1.54, 1.807) is 23.1 Å². The lowest BCUT2D eigenvalue weighted by Crippen LogP contribution is -2.43. The molecule has 0 atom stereocenters. The molecule has 1 aliphatic rings. The normalized spacial score (nSPS) is 18.1. The molecule has 114 valence electrons. The monoisotopic (exact) mass is 291 g/mol. The molecule has 0 radical (unpaired) electrons. The SMILES string of the molecule is CCC1(CO)CCN(C(=O)/C=C/c2cccc(F)c2)CC1. The molecule has 1 saturated heterocycles. The average Bonchev–Trinajstić information content (AvgIpc) is 2.53. The van der Waals surface area contributed by atoms with E-state index < -0.39 is 0 Å². The van der Waals surface area contributed by atoms with E-state index in [9.17, 15) is 14.3 Å². The molecule has 1 aromatic rings. The number of hydrogen-bond acceptors (Lipinski definition) is 2. The molecule has 1 N–H and O–H groups in total. The van der Waals surface area contributed by atoms with Crippen molar-refractivity contribution in [2.75, 3.05) is 19.7 Å². The fourth-order valence-corrected chi connectivity index (χ4v) is 2.71. The summed E-state index contributed by atoms with van der Waals surface area (Å²) in [6, 6.07) is 6.16. The first-order valence-electron chi connectivity index (χ1n) is 7.42. The highest BCUT2D eigenvalue weighted by Gasteiger charge is 2.33. The van der Waals surface area contributed by atoms with Gasteiger partial charge >= 0.3 is 0 Å². The molecule has 1 aromatic carbocycles. The molecule has 0 saturated carbocycles. The Balaban J connectivity index is 1.93. The van der Waals surface area contributed by atoms with Gasteiger partial charge in [-0.25, -0.2) is 4.39 Å². The number of hydrogen-bond donors (Lipinski definition) is 1. The maximum atomic E-state index is 13.1. The average molecular weight is 291 g/mol. The molecule has 21 heavy (non-hydrogen) atoms. The lowest BCUT2D eigenvalue weighted by Gasteiger charge is -2.39. The molecule has 2 rings (SSSR count). The number of halogens is 1.